The molecule has 1 atom stereocenters. The summed E-state index contributed by atoms with van der Waals surface area (Å²) in [5.41, 5.74) is 2.31. The largest absolute Gasteiger partial charge is 0.467 e. The molecule has 0 bridgehead atoms. The fraction of sp³-hybridized carbons (Fsp3) is 0.250. The zero-order chi connectivity index (χ0) is 20.8. The fourth-order valence-electron chi connectivity index (χ4n) is 3.43. The van der Waals surface area contributed by atoms with E-state index < -0.39 is 12.0 Å². The number of carbonyl (C=O) groups is 2. The summed E-state index contributed by atoms with van der Waals surface area (Å²) in [7, 11) is 1.34. The Morgan fingerprint density at radius 1 is 1.03 bits per heavy atom. The van der Waals surface area contributed by atoms with Crippen molar-refractivity contribution < 1.29 is 14.3 Å². The summed E-state index contributed by atoms with van der Waals surface area (Å²) in [6.07, 6.45) is 2.31. The summed E-state index contributed by atoms with van der Waals surface area (Å²) in [5, 5.41) is 5.04. The van der Waals surface area contributed by atoms with E-state index in [-0.39, 0.29) is 5.91 Å². The van der Waals surface area contributed by atoms with Gasteiger partial charge in [0, 0.05) is 10.0 Å². The van der Waals surface area contributed by atoms with E-state index in [4.69, 9.17) is 4.74 Å². The molecule has 0 saturated heterocycles. The highest BCUT2D eigenvalue weighted by atomic mass is 79.9. The van der Waals surface area contributed by atoms with Crippen LogP contribution in [-0.2, 0) is 9.53 Å². The number of hydrogen-bond donors (Lipinski definition) is 1. The topological polar surface area (TPSA) is 55.4 Å². The Labute approximate surface area is 179 Å². The number of rotatable bonds is 7. The molecule has 4 nitrogen and oxygen atoms in total. The third-order valence-corrected chi connectivity index (χ3v) is 5.44. The highest BCUT2D eigenvalue weighted by Gasteiger charge is 2.23. The van der Waals surface area contributed by atoms with Crippen molar-refractivity contribution in [3.05, 3.63) is 70.7 Å². The van der Waals surface area contributed by atoms with E-state index in [9.17, 15) is 9.59 Å². The van der Waals surface area contributed by atoms with Gasteiger partial charge in [0.15, 0.2) is 0 Å². The van der Waals surface area contributed by atoms with Crippen molar-refractivity contribution in [2.24, 2.45) is 0 Å². The Hall–Kier alpha value is -2.66. The highest BCUT2D eigenvalue weighted by molar-refractivity contribution is 9.10. The molecular weight excluding hydrogens is 430 g/mol. The molecule has 3 aromatic rings. The van der Waals surface area contributed by atoms with Crippen LogP contribution in [0.5, 0.6) is 0 Å². The van der Waals surface area contributed by atoms with Crippen molar-refractivity contribution in [1.29, 1.82) is 0 Å². The van der Waals surface area contributed by atoms with Crippen molar-refractivity contribution >= 4 is 38.6 Å². The summed E-state index contributed by atoms with van der Waals surface area (Å²) in [6.45, 7) is 2.05. The summed E-state index contributed by atoms with van der Waals surface area (Å²) >= 11 is 3.52. The van der Waals surface area contributed by atoms with Crippen LogP contribution in [0.25, 0.3) is 21.9 Å². The molecule has 0 aliphatic heterocycles. The summed E-state index contributed by atoms with van der Waals surface area (Å²) in [5.74, 6) is -0.706. The van der Waals surface area contributed by atoms with E-state index in [0.717, 1.165) is 39.2 Å². The Bertz CT molecular complexity index is 1030. The number of nitrogens with one attached hydrogen (secondary N) is 1. The number of ether oxygens (including phenoxy) is 1. The lowest BCUT2D eigenvalue weighted by Crippen LogP contribution is -2.41. The predicted molar refractivity (Wildman–Crippen MR) is 120 cm³/mol. The molecule has 0 spiro atoms. The number of esters is 1. The molecule has 3 aromatic carbocycles. The molecular formula is C24H24BrNO3. The maximum absolute atomic E-state index is 13.1. The molecule has 29 heavy (non-hydrogen) atoms. The van der Waals surface area contributed by atoms with Crippen molar-refractivity contribution in [3.8, 4) is 11.1 Å². The van der Waals surface area contributed by atoms with Crippen molar-refractivity contribution in [3.63, 3.8) is 0 Å². The van der Waals surface area contributed by atoms with Crippen molar-refractivity contribution in [1.82, 2.24) is 5.32 Å². The molecule has 3 rings (SSSR count). The number of unbranched alkanes of at least 4 members (excludes halogenated alkanes) is 1. The van der Waals surface area contributed by atoms with E-state index in [1.807, 2.05) is 49.4 Å². The van der Waals surface area contributed by atoms with Gasteiger partial charge in [-0.2, -0.15) is 0 Å². The summed E-state index contributed by atoms with van der Waals surface area (Å²) in [4.78, 5) is 25.3. The number of hydrogen-bond acceptors (Lipinski definition) is 3. The Morgan fingerprint density at radius 3 is 2.55 bits per heavy atom. The van der Waals surface area contributed by atoms with Gasteiger partial charge in [0.25, 0.3) is 5.91 Å². The zero-order valence-corrected chi connectivity index (χ0v) is 18.2. The molecule has 0 saturated carbocycles. The van der Waals surface area contributed by atoms with E-state index in [0.29, 0.717) is 12.0 Å². The second-order valence-corrected chi connectivity index (χ2v) is 7.82. The standard InChI is InChI=1S/C24H24BrNO3/c1-3-4-12-22(24(28)29-2)26-23(27)20-14-13-17(25)15-21(20)19-11-7-9-16-8-5-6-10-18(16)19/h5-11,13-15,22H,3-4,12H2,1-2H3,(H,26,27)/t22-/m1/s1. The molecule has 150 valence electrons. The maximum Gasteiger partial charge on any atom is 0.328 e. The van der Waals surface area contributed by atoms with Gasteiger partial charge in [-0.25, -0.2) is 4.79 Å². The van der Waals surface area contributed by atoms with Crippen molar-refractivity contribution in [2.75, 3.05) is 7.11 Å². The van der Waals surface area contributed by atoms with Crippen LogP contribution < -0.4 is 5.32 Å². The Balaban J connectivity index is 2.02. The molecule has 0 heterocycles. The highest BCUT2D eigenvalue weighted by Crippen LogP contribution is 2.33. The lowest BCUT2D eigenvalue weighted by molar-refractivity contribution is -0.143. The lowest BCUT2D eigenvalue weighted by atomic mass is 9.94. The second-order valence-electron chi connectivity index (χ2n) is 6.91. The number of amides is 1. The average Bonchev–Trinajstić information content (AvgIpc) is 2.75. The van der Waals surface area contributed by atoms with Gasteiger partial charge in [-0.05, 0) is 46.5 Å². The molecule has 0 unspecified atom stereocenters. The first-order chi connectivity index (χ1) is 14.0. The molecule has 5 heteroatoms. The molecule has 0 fully saturated rings. The minimum atomic E-state index is -0.656. The van der Waals surface area contributed by atoms with Gasteiger partial charge in [-0.15, -0.1) is 0 Å². The van der Waals surface area contributed by atoms with Gasteiger partial charge < -0.3 is 10.1 Å². The van der Waals surface area contributed by atoms with Gasteiger partial charge in [0.2, 0.25) is 0 Å². The first-order valence-corrected chi connectivity index (χ1v) is 10.5. The number of methoxy groups -OCH3 is 1. The molecule has 0 aromatic heterocycles. The van der Waals surface area contributed by atoms with E-state index >= 15 is 0 Å². The predicted octanol–water partition coefficient (Wildman–Crippen LogP) is 5.73. The van der Waals surface area contributed by atoms with E-state index in [1.54, 1.807) is 6.07 Å². The van der Waals surface area contributed by atoms with Crippen LogP contribution in [0.2, 0.25) is 0 Å². The van der Waals surface area contributed by atoms with E-state index in [1.165, 1.54) is 7.11 Å². The minimum Gasteiger partial charge on any atom is -0.467 e. The van der Waals surface area contributed by atoms with Gasteiger partial charge in [-0.3, -0.25) is 4.79 Å². The quantitative estimate of drug-likeness (QED) is 0.464. The molecule has 0 aliphatic rings. The van der Waals surface area contributed by atoms with Crippen LogP contribution >= 0.6 is 15.9 Å². The minimum absolute atomic E-state index is 0.285. The molecule has 1 amide bonds. The zero-order valence-electron chi connectivity index (χ0n) is 16.6. The Morgan fingerprint density at radius 2 is 1.79 bits per heavy atom. The first kappa shape index (κ1) is 21.1. The fourth-order valence-corrected chi connectivity index (χ4v) is 3.79. The van der Waals surface area contributed by atoms with Crippen LogP contribution in [0.4, 0.5) is 0 Å². The monoisotopic (exact) mass is 453 g/mol. The van der Waals surface area contributed by atoms with Crippen LogP contribution in [0.1, 0.15) is 36.5 Å². The average molecular weight is 454 g/mol. The second kappa shape index (κ2) is 9.70. The van der Waals surface area contributed by atoms with Gasteiger partial charge >= 0.3 is 5.97 Å². The maximum atomic E-state index is 13.1. The van der Waals surface area contributed by atoms with Gasteiger partial charge in [0.05, 0.1) is 7.11 Å². The molecule has 0 radical (unpaired) electrons. The molecule has 1 N–H and O–H groups in total. The van der Waals surface area contributed by atoms with Crippen LogP contribution in [0, 0.1) is 0 Å². The van der Waals surface area contributed by atoms with Crippen LogP contribution in [0.15, 0.2) is 65.1 Å². The first-order valence-electron chi connectivity index (χ1n) is 9.71. The molecule has 0 aliphatic carbocycles. The smallest absolute Gasteiger partial charge is 0.328 e. The Kier molecular flexibility index (Phi) is 7.04. The number of carbonyl (C=O) groups excluding carboxylic acids is 2. The number of benzene rings is 3. The summed E-state index contributed by atoms with van der Waals surface area (Å²) in [6, 6.07) is 19.0. The van der Waals surface area contributed by atoms with Crippen LogP contribution in [-0.4, -0.2) is 25.0 Å². The van der Waals surface area contributed by atoms with Gasteiger partial charge in [0.1, 0.15) is 6.04 Å². The third kappa shape index (κ3) is 4.85. The van der Waals surface area contributed by atoms with Gasteiger partial charge in [-0.1, -0.05) is 78.2 Å². The van der Waals surface area contributed by atoms with Crippen LogP contribution in [0.3, 0.4) is 0 Å². The number of fused-ring (bicyclic) bond motifs is 1. The summed E-state index contributed by atoms with van der Waals surface area (Å²) < 4.78 is 5.76. The third-order valence-electron chi connectivity index (χ3n) is 4.94. The SMILES string of the molecule is CCCC[C@@H](NC(=O)c1ccc(Br)cc1-c1cccc2ccccc12)C(=O)OC. The van der Waals surface area contributed by atoms with E-state index in [2.05, 4.69) is 33.4 Å². The number of halogens is 1. The normalized spacial score (nSPS) is 11.8. The lowest BCUT2D eigenvalue weighted by Gasteiger charge is -2.18. The van der Waals surface area contributed by atoms with Crippen molar-refractivity contribution in [2.45, 2.75) is 32.2 Å².